The van der Waals surface area contributed by atoms with Crippen LogP contribution in [0.25, 0.3) is 11.3 Å². The zero-order valence-electron chi connectivity index (χ0n) is 12.6. The highest BCUT2D eigenvalue weighted by atomic mass is 35.5. The van der Waals surface area contributed by atoms with Crippen molar-refractivity contribution in [1.29, 1.82) is 5.26 Å². The minimum Gasteiger partial charge on any atom is -0.361 e. The van der Waals surface area contributed by atoms with E-state index in [9.17, 15) is 4.39 Å². The van der Waals surface area contributed by atoms with E-state index < -0.39 is 5.82 Å². The number of thiazole rings is 1. The molecular weight excluding hydrogens is 347 g/mol. The fourth-order valence-corrected chi connectivity index (χ4v) is 3.12. The highest BCUT2D eigenvalue weighted by Crippen LogP contribution is 2.29. The molecule has 3 rings (SSSR count). The zero-order valence-corrected chi connectivity index (χ0v) is 14.2. The van der Waals surface area contributed by atoms with Gasteiger partial charge in [0, 0.05) is 17.1 Å². The van der Waals surface area contributed by atoms with Crippen LogP contribution in [-0.2, 0) is 0 Å². The minimum atomic E-state index is -0.446. The molecule has 7 heteroatoms. The van der Waals surface area contributed by atoms with Crippen LogP contribution in [0, 0.1) is 17.1 Å². The second-order valence-electron chi connectivity index (χ2n) is 5.11. The molecular formula is C17H12ClFN4S. The second-order valence-corrected chi connectivity index (χ2v) is 6.41. The van der Waals surface area contributed by atoms with Gasteiger partial charge in [0.2, 0.25) is 0 Å². The van der Waals surface area contributed by atoms with Crippen molar-refractivity contribution in [2.45, 2.75) is 13.0 Å². The maximum absolute atomic E-state index is 13.3. The third-order valence-corrected chi connectivity index (χ3v) is 4.68. The highest BCUT2D eigenvalue weighted by molar-refractivity contribution is 7.10. The van der Waals surface area contributed by atoms with Gasteiger partial charge >= 0.3 is 0 Å². The smallest absolute Gasteiger partial charge is 0.141 e. The fraction of sp³-hybridized carbons (Fsp3) is 0.118. The Labute approximate surface area is 147 Å². The maximum atomic E-state index is 13.3. The summed E-state index contributed by atoms with van der Waals surface area (Å²) in [4.78, 5) is 8.76. The monoisotopic (exact) mass is 358 g/mol. The summed E-state index contributed by atoms with van der Waals surface area (Å²) in [6.07, 6.45) is 1.52. The molecule has 0 spiro atoms. The van der Waals surface area contributed by atoms with Gasteiger partial charge in [0.05, 0.1) is 22.3 Å². The molecule has 2 heterocycles. The number of aromatic nitrogens is 2. The van der Waals surface area contributed by atoms with Crippen LogP contribution in [0.3, 0.4) is 0 Å². The number of pyridine rings is 1. The fourth-order valence-electron chi connectivity index (χ4n) is 2.10. The van der Waals surface area contributed by atoms with Crippen LogP contribution in [-0.4, -0.2) is 9.97 Å². The van der Waals surface area contributed by atoms with Gasteiger partial charge in [0.15, 0.2) is 0 Å². The third kappa shape index (κ3) is 3.53. The first-order valence-electron chi connectivity index (χ1n) is 7.10. The van der Waals surface area contributed by atoms with E-state index in [-0.39, 0.29) is 11.1 Å². The van der Waals surface area contributed by atoms with Crippen molar-refractivity contribution < 1.29 is 4.39 Å². The lowest BCUT2D eigenvalue weighted by atomic mass is 10.2. The van der Waals surface area contributed by atoms with E-state index in [0.717, 1.165) is 16.3 Å². The molecule has 0 saturated carbocycles. The zero-order chi connectivity index (χ0) is 17.1. The number of nitriles is 1. The van der Waals surface area contributed by atoms with E-state index in [1.807, 2.05) is 18.4 Å². The van der Waals surface area contributed by atoms with Gasteiger partial charge < -0.3 is 5.32 Å². The lowest BCUT2D eigenvalue weighted by Gasteiger charge is -2.11. The lowest BCUT2D eigenvalue weighted by molar-refractivity contribution is 0.628. The summed E-state index contributed by atoms with van der Waals surface area (Å²) in [5.74, 6) is 0.223. The first-order chi connectivity index (χ1) is 11.6. The summed E-state index contributed by atoms with van der Waals surface area (Å²) in [5, 5.41) is 14.9. The van der Waals surface area contributed by atoms with E-state index in [1.54, 1.807) is 24.3 Å². The van der Waals surface area contributed by atoms with Gasteiger partial charge in [-0.3, -0.25) is 0 Å². The number of nitrogens with zero attached hydrogens (tertiary/aromatic N) is 3. The van der Waals surface area contributed by atoms with Gasteiger partial charge in [-0.15, -0.1) is 11.3 Å². The summed E-state index contributed by atoms with van der Waals surface area (Å²) >= 11 is 7.32. The Kier molecular flexibility index (Phi) is 4.74. The molecule has 0 aliphatic carbocycles. The quantitative estimate of drug-likeness (QED) is 0.709. The van der Waals surface area contributed by atoms with Crippen molar-refractivity contribution in [3.8, 4) is 17.3 Å². The summed E-state index contributed by atoms with van der Waals surface area (Å²) in [7, 11) is 0. The molecule has 0 aliphatic rings. The number of nitrogens with one attached hydrogen (secondary N) is 1. The normalized spacial score (nSPS) is 11.8. The second kappa shape index (κ2) is 6.95. The molecule has 24 heavy (non-hydrogen) atoms. The molecule has 0 aliphatic heterocycles. The van der Waals surface area contributed by atoms with Gasteiger partial charge in [-0.2, -0.15) is 5.26 Å². The van der Waals surface area contributed by atoms with E-state index in [0.29, 0.717) is 11.4 Å². The standard InChI is InChI=1S/C17H12ClFN4S/c1-10(22-16-5-2-11(7-20)8-21-16)17-23-15(9-24-17)12-3-4-14(19)13(18)6-12/h2-6,8-10H,1H3,(H,21,22). The van der Waals surface area contributed by atoms with E-state index >= 15 is 0 Å². The van der Waals surface area contributed by atoms with Crippen molar-refractivity contribution in [3.05, 3.63) is 63.3 Å². The molecule has 1 aromatic carbocycles. The Balaban J connectivity index is 1.76. The summed E-state index contributed by atoms with van der Waals surface area (Å²) in [6, 6.07) is 9.98. The first kappa shape index (κ1) is 16.4. The third-order valence-electron chi connectivity index (χ3n) is 3.36. The predicted molar refractivity (Wildman–Crippen MR) is 93.5 cm³/mol. The topological polar surface area (TPSA) is 61.6 Å². The van der Waals surface area contributed by atoms with Crippen molar-refractivity contribution in [2.24, 2.45) is 0 Å². The molecule has 0 fully saturated rings. The van der Waals surface area contributed by atoms with Crippen LogP contribution in [0.5, 0.6) is 0 Å². The van der Waals surface area contributed by atoms with Crippen LogP contribution in [0.2, 0.25) is 5.02 Å². The van der Waals surface area contributed by atoms with Crippen LogP contribution < -0.4 is 5.32 Å². The molecule has 0 amide bonds. The molecule has 4 nitrogen and oxygen atoms in total. The summed E-state index contributed by atoms with van der Waals surface area (Å²) < 4.78 is 13.3. The molecule has 3 aromatic rings. The van der Waals surface area contributed by atoms with Gasteiger partial charge in [-0.05, 0) is 37.3 Å². The lowest BCUT2D eigenvalue weighted by Crippen LogP contribution is -2.07. The molecule has 0 saturated heterocycles. The Bertz CT molecular complexity index is 902. The summed E-state index contributed by atoms with van der Waals surface area (Å²) in [5.41, 5.74) is 2.03. The Morgan fingerprint density at radius 1 is 1.33 bits per heavy atom. The van der Waals surface area contributed by atoms with E-state index in [2.05, 4.69) is 15.3 Å². The predicted octanol–water partition coefficient (Wildman–Crippen LogP) is 5.04. The molecule has 1 unspecified atom stereocenters. The molecule has 1 N–H and O–H groups in total. The van der Waals surface area contributed by atoms with Crippen molar-refractivity contribution in [3.63, 3.8) is 0 Å². The number of anilines is 1. The van der Waals surface area contributed by atoms with Crippen molar-refractivity contribution >= 4 is 28.8 Å². The first-order valence-corrected chi connectivity index (χ1v) is 8.36. The number of hydrogen-bond donors (Lipinski definition) is 1. The van der Waals surface area contributed by atoms with E-state index in [1.165, 1.54) is 23.6 Å². The average Bonchev–Trinajstić information content (AvgIpc) is 3.08. The van der Waals surface area contributed by atoms with Crippen LogP contribution >= 0.6 is 22.9 Å². The highest BCUT2D eigenvalue weighted by Gasteiger charge is 2.13. The molecule has 0 radical (unpaired) electrons. The largest absolute Gasteiger partial charge is 0.361 e. The summed E-state index contributed by atoms with van der Waals surface area (Å²) in [6.45, 7) is 1.97. The molecule has 0 bridgehead atoms. The van der Waals surface area contributed by atoms with Gasteiger partial charge in [-0.25, -0.2) is 14.4 Å². The Hall–Kier alpha value is -2.49. The maximum Gasteiger partial charge on any atom is 0.141 e. The Morgan fingerprint density at radius 3 is 2.83 bits per heavy atom. The van der Waals surface area contributed by atoms with Crippen molar-refractivity contribution in [1.82, 2.24) is 9.97 Å². The SMILES string of the molecule is CC(Nc1ccc(C#N)cn1)c1nc(-c2ccc(F)c(Cl)c2)cs1. The molecule has 2 aromatic heterocycles. The molecule has 120 valence electrons. The number of rotatable bonds is 4. The van der Waals surface area contributed by atoms with Gasteiger partial charge in [0.1, 0.15) is 22.7 Å². The van der Waals surface area contributed by atoms with Gasteiger partial charge in [-0.1, -0.05) is 11.6 Å². The Morgan fingerprint density at radius 2 is 2.17 bits per heavy atom. The molecule has 1 atom stereocenters. The van der Waals surface area contributed by atoms with E-state index in [4.69, 9.17) is 16.9 Å². The minimum absolute atomic E-state index is 0.0555. The number of hydrogen-bond acceptors (Lipinski definition) is 5. The van der Waals surface area contributed by atoms with Crippen LogP contribution in [0.15, 0.2) is 41.9 Å². The van der Waals surface area contributed by atoms with Crippen LogP contribution in [0.1, 0.15) is 23.5 Å². The number of halogens is 2. The number of benzene rings is 1. The average molecular weight is 359 g/mol. The van der Waals surface area contributed by atoms with Crippen molar-refractivity contribution in [2.75, 3.05) is 5.32 Å². The van der Waals surface area contributed by atoms with Crippen LogP contribution in [0.4, 0.5) is 10.2 Å². The van der Waals surface area contributed by atoms with Gasteiger partial charge in [0.25, 0.3) is 0 Å².